The summed E-state index contributed by atoms with van der Waals surface area (Å²) in [6.07, 6.45) is 2.26. The highest BCUT2D eigenvalue weighted by atomic mass is 35.5. The number of carbonyl (C=O) groups is 1. The maximum atomic E-state index is 11.7. The Morgan fingerprint density at radius 1 is 1.61 bits per heavy atom. The van der Waals surface area contributed by atoms with Gasteiger partial charge in [0.15, 0.2) is 0 Å². The Morgan fingerprint density at radius 2 is 2.39 bits per heavy atom. The van der Waals surface area contributed by atoms with Crippen LogP contribution in [0.1, 0.15) is 16.9 Å². The fourth-order valence-corrected chi connectivity index (χ4v) is 1.84. The van der Waals surface area contributed by atoms with Crippen molar-refractivity contribution in [3.05, 3.63) is 28.1 Å². The quantitative estimate of drug-likeness (QED) is 0.555. The van der Waals surface area contributed by atoms with Crippen LogP contribution in [0.25, 0.3) is 0 Å². The van der Waals surface area contributed by atoms with Gasteiger partial charge >= 0.3 is 0 Å². The average molecular weight is 275 g/mol. The van der Waals surface area contributed by atoms with Crippen LogP contribution in [0, 0.1) is 16.0 Å². The molecule has 2 heterocycles. The summed E-state index contributed by atoms with van der Waals surface area (Å²) in [5.74, 6) is 0.147. The molecule has 1 saturated heterocycles. The van der Waals surface area contributed by atoms with Crippen molar-refractivity contribution in [2.75, 3.05) is 19.6 Å². The molecule has 1 aromatic heterocycles. The van der Waals surface area contributed by atoms with Crippen molar-refractivity contribution in [3.8, 4) is 0 Å². The lowest BCUT2D eigenvalue weighted by molar-refractivity contribution is -0.384. The van der Waals surface area contributed by atoms with E-state index in [1.807, 2.05) is 0 Å². The lowest BCUT2D eigenvalue weighted by atomic mass is 10.1. The Bertz CT molecular complexity index is 429. The van der Waals surface area contributed by atoms with Gasteiger partial charge in [0, 0.05) is 12.6 Å². The summed E-state index contributed by atoms with van der Waals surface area (Å²) < 4.78 is 0. The number of amides is 1. The van der Waals surface area contributed by atoms with E-state index in [2.05, 4.69) is 15.6 Å². The van der Waals surface area contributed by atoms with Gasteiger partial charge in [-0.25, -0.2) is 0 Å². The summed E-state index contributed by atoms with van der Waals surface area (Å²) >= 11 is 0. The van der Waals surface area contributed by atoms with Gasteiger partial charge in [0.2, 0.25) is 0 Å². The maximum absolute atomic E-state index is 11.7. The minimum absolute atomic E-state index is 0. The van der Waals surface area contributed by atoms with Gasteiger partial charge in [-0.1, -0.05) is 0 Å². The third-order valence-corrected chi connectivity index (χ3v) is 2.84. The van der Waals surface area contributed by atoms with Crippen LogP contribution in [-0.4, -0.2) is 35.4 Å². The maximum Gasteiger partial charge on any atom is 0.287 e. The van der Waals surface area contributed by atoms with Gasteiger partial charge in [-0.05, 0) is 25.4 Å². The fourth-order valence-electron chi connectivity index (χ4n) is 1.84. The molecule has 0 saturated carbocycles. The van der Waals surface area contributed by atoms with Crippen LogP contribution in [0.5, 0.6) is 0 Å². The third-order valence-electron chi connectivity index (χ3n) is 2.84. The van der Waals surface area contributed by atoms with E-state index in [-0.39, 0.29) is 29.7 Å². The molecule has 18 heavy (non-hydrogen) atoms. The van der Waals surface area contributed by atoms with Crippen molar-refractivity contribution >= 4 is 24.0 Å². The van der Waals surface area contributed by atoms with Crippen LogP contribution < -0.4 is 10.6 Å². The van der Waals surface area contributed by atoms with Crippen LogP contribution in [0.4, 0.5) is 5.69 Å². The zero-order valence-electron chi connectivity index (χ0n) is 9.64. The average Bonchev–Trinajstić information content (AvgIpc) is 2.96. The number of halogens is 1. The van der Waals surface area contributed by atoms with Crippen LogP contribution in [0.3, 0.4) is 0 Å². The Morgan fingerprint density at radius 3 is 2.94 bits per heavy atom. The molecular weight excluding hydrogens is 260 g/mol. The van der Waals surface area contributed by atoms with E-state index in [4.69, 9.17) is 0 Å². The highest BCUT2D eigenvalue weighted by Crippen LogP contribution is 2.12. The Kier molecular flexibility index (Phi) is 5.11. The summed E-state index contributed by atoms with van der Waals surface area (Å²) in [6.45, 7) is 2.48. The fraction of sp³-hybridized carbons (Fsp3) is 0.500. The van der Waals surface area contributed by atoms with E-state index < -0.39 is 4.92 Å². The second kappa shape index (κ2) is 6.36. The minimum Gasteiger partial charge on any atom is -0.351 e. The Hall–Kier alpha value is -1.60. The summed E-state index contributed by atoms with van der Waals surface area (Å²) in [6, 6.07) is 1.24. The van der Waals surface area contributed by atoms with Crippen molar-refractivity contribution in [2.24, 2.45) is 5.92 Å². The first-order valence-corrected chi connectivity index (χ1v) is 5.48. The monoisotopic (exact) mass is 274 g/mol. The number of nitrogens with zero attached hydrogens (tertiary/aromatic N) is 1. The first kappa shape index (κ1) is 14.5. The summed E-state index contributed by atoms with van der Waals surface area (Å²) in [7, 11) is 0. The third kappa shape index (κ3) is 3.44. The van der Waals surface area contributed by atoms with Gasteiger partial charge in [-0.2, -0.15) is 0 Å². The molecular formula is C10H15ClN4O3. The van der Waals surface area contributed by atoms with Gasteiger partial charge in [0.05, 0.1) is 11.1 Å². The molecule has 0 radical (unpaired) electrons. The molecule has 1 amide bonds. The summed E-state index contributed by atoms with van der Waals surface area (Å²) in [5, 5.41) is 16.4. The number of nitro groups is 1. The lowest BCUT2D eigenvalue weighted by Gasteiger charge is -2.08. The number of aromatic amines is 1. The number of rotatable bonds is 4. The predicted octanol–water partition coefficient (Wildman–Crippen LogP) is 0.684. The van der Waals surface area contributed by atoms with E-state index in [9.17, 15) is 14.9 Å². The topological polar surface area (TPSA) is 100 Å². The van der Waals surface area contributed by atoms with Gasteiger partial charge in [0.1, 0.15) is 5.69 Å². The van der Waals surface area contributed by atoms with Crippen molar-refractivity contribution in [2.45, 2.75) is 6.42 Å². The molecule has 1 aromatic rings. The molecule has 2 rings (SSSR count). The van der Waals surface area contributed by atoms with Crippen molar-refractivity contribution in [1.29, 1.82) is 0 Å². The number of nitrogens with one attached hydrogen (secondary N) is 3. The largest absolute Gasteiger partial charge is 0.351 e. The number of carbonyl (C=O) groups excluding carboxylic acids is 1. The van der Waals surface area contributed by atoms with Crippen molar-refractivity contribution in [1.82, 2.24) is 15.6 Å². The standard InChI is InChI=1S/C10H14N4O3.ClH/c15-10(13-5-7-1-2-11-4-7)9-3-8(6-12-9)14(16)17;/h3,6-7,11-12H,1-2,4-5H2,(H,13,15);1H. The Labute approximate surface area is 110 Å². The van der Waals surface area contributed by atoms with Gasteiger partial charge in [0.25, 0.3) is 11.6 Å². The zero-order valence-corrected chi connectivity index (χ0v) is 10.5. The molecule has 0 bridgehead atoms. The van der Waals surface area contributed by atoms with Gasteiger partial charge in [-0.15, -0.1) is 12.4 Å². The molecule has 1 atom stereocenters. The van der Waals surface area contributed by atoms with E-state index in [0.29, 0.717) is 12.5 Å². The van der Waals surface area contributed by atoms with Crippen LogP contribution in [0.15, 0.2) is 12.3 Å². The van der Waals surface area contributed by atoms with Crippen LogP contribution >= 0.6 is 12.4 Å². The molecule has 1 fully saturated rings. The molecule has 7 nitrogen and oxygen atoms in total. The molecule has 0 spiro atoms. The van der Waals surface area contributed by atoms with E-state index in [0.717, 1.165) is 19.5 Å². The molecule has 1 aliphatic heterocycles. The molecule has 8 heteroatoms. The zero-order chi connectivity index (χ0) is 12.3. The predicted molar refractivity (Wildman–Crippen MR) is 68.0 cm³/mol. The van der Waals surface area contributed by atoms with Crippen LogP contribution in [-0.2, 0) is 0 Å². The highest BCUT2D eigenvalue weighted by molar-refractivity contribution is 5.93. The van der Waals surface area contributed by atoms with Crippen molar-refractivity contribution in [3.63, 3.8) is 0 Å². The molecule has 0 aromatic carbocycles. The molecule has 100 valence electrons. The number of hydrogen-bond donors (Lipinski definition) is 3. The first-order valence-electron chi connectivity index (χ1n) is 5.48. The summed E-state index contributed by atoms with van der Waals surface area (Å²) in [4.78, 5) is 24.2. The smallest absolute Gasteiger partial charge is 0.287 e. The van der Waals surface area contributed by atoms with E-state index in [1.165, 1.54) is 12.3 Å². The molecule has 1 unspecified atom stereocenters. The Balaban J connectivity index is 0.00000162. The lowest BCUT2D eigenvalue weighted by Crippen LogP contribution is -2.30. The first-order chi connectivity index (χ1) is 8.16. The highest BCUT2D eigenvalue weighted by Gasteiger charge is 2.17. The van der Waals surface area contributed by atoms with Crippen molar-refractivity contribution < 1.29 is 9.72 Å². The van der Waals surface area contributed by atoms with Gasteiger partial charge in [-0.3, -0.25) is 14.9 Å². The van der Waals surface area contributed by atoms with Crippen LogP contribution in [0.2, 0.25) is 0 Å². The van der Waals surface area contributed by atoms with Gasteiger partial charge < -0.3 is 15.6 Å². The van der Waals surface area contributed by atoms with E-state index in [1.54, 1.807) is 0 Å². The number of H-pyrrole nitrogens is 1. The number of aromatic nitrogens is 1. The minimum atomic E-state index is -0.534. The number of hydrogen-bond acceptors (Lipinski definition) is 4. The molecule has 3 N–H and O–H groups in total. The second-order valence-electron chi connectivity index (χ2n) is 4.10. The molecule has 1 aliphatic rings. The van der Waals surface area contributed by atoms with E-state index >= 15 is 0 Å². The second-order valence-corrected chi connectivity index (χ2v) is 4.10. The molecule has 0 aliphatic carbocycles. The SMILES string of the molecule is Cl.O=C(NCC1CCNC1)c1cc([N+](=O)[O-])c[nH]1. The normalized spacial score (nSPS) is 18.1. The summed E-state index contributed by atoms with van der Waals surface area (Å²) in [5.41, 5.74) is 0.125.